The van der Waals surface area contributed by atoms with Gasteiger partial charge in [0.05, 0.1) is 6.42 Å². The molecule has 0 heterocycles. The number of carboxylic acids is 1. The van der Waals surface area contributed by atoms with E-state index >= 15 is 0 Å². The van der Waals surface area contributed by atoms with Crippen LogP contribution in [0.4, 0.5) is 8.78 Å². The van der Waals surface area contributed by atoms with Gasteiger partial charge in [-0.1, -0.05) is 24.3 Å². The Balaban J connectivity index is 3.22. The first-order valence-corrected chi connectivity index (χ1v) is 4.33. The number of rotatable bonds is 4. The predicted molar refractivity (Wildman–Crippen MR) is 50.9 cm³/mol. The van der Waals surface area contributed by atoms with Crippen LogP contribution in [-0.2, 0) is 21.9 Å². The molecule has 0 atom stereocenters. The van der Waals surface area contributed by atoms with Crippen LogP contribution >= 0.6 is 0 Å². The zero-order valence-corrected chi connectivity index (χ0v) is 8.11. The van der Waals surface area contributed by atoms with E-state index in [4.69, 9.17) is 10.8 Å². The Bertz CT molecular complexity index is 432. The van der Waals surface area contributed by atoms with Crippen molar-refractivity contribution in [3.8, 4) is 0 Å². The highest BCUT2D eigenvalue weighted by molar-refractivity contribution is 5.81. The zero-order chi connectivity index (χ0) is 12.3. The fourth-order valence-corrected chi connectivity index (χ4v) is 1.28. The second-order valence-electron chi connectivity index (χ2n) is 3.18. The van der Waals surface area contributed by atoms with Crippen molar-refractivity contribution >= 4 is 11.9 Å². The molecule has 0 aliphatic carbocycles. The quantitative estimate of drug-likeness (QED) is 0.804. The van der Waals surface area contributed by atoms with Gasteiger partial charge in [-0.15, -0.1) is 0 Å². The fraction of sp³-hybridized carbons (Fsp3) is 0.200. The molecule has 0 aromatic heterocycles. The summed E-state index contributed by atoms with van der Waals surface area (Å²) in [6, 6.07) is 4.92. The molecule has 86 valence electrons. The molecule has 0 aliphatic rings. The fourth-order valence-electron chi connectivity index (χ4n) is 1.28. The Hall–Kier alpha value is -1.98. The van der Waals surface area contributed by atoms with E-state index in [1.54, 1.807) is 0 Å². The smallest absolute Gasteiger partial charge is 0.379 e. The number of nitrogens with two attached hydrogens (primary N) is 1. The van der Waals surface area contributed by atoms with Crippen molar-refractivity contribution in [3.63, 3.8) is 0 Å². The number of hydrogen-bond acceptors (Lipinski definition) is 2. The van der Waals surface area contributed by atoms with Gasteiger partial charge in [0, 0.05) is 5.56 Å². The average Bonchev–Trinajstić information content (AvgIpc) is 2.17. The van der Waals surface area contributed by atoms with Gasteiger partial charge in [0.15, 0.2) is 0 Å². The monoisotopic (exact) mass is 229 g/mol. The largest absolute Gasteiger partial charge is 0.477 e. The van der Waals surface area contributed by atoms with Gasteiger partial charge < -0.3 is 10.8 Å². The SMILES string of the molecule is NC(=O)Cc1ccccc1C(F)(F)C(=O)O. The number of alkyl halides is 2. The Morgan fingerprint density at radius 3 is 2.38 bits per heavy atom. The molecule has 16 heavy (non-hydrogen) atoms. The van der Waals surface area contributed by atoms with Crippen molar-refractivity contribution in [2.24, 2.45) is 5.73 Å². The van der Waals surface area contributed by atoms with Crippen LogP contribution in [0.3, 0.4) is 0 Å². The van der Waals surface area contributed by atoms with E-state index < -0.39 is 29.8 Å². The number of halogens is 2. The molecule has 1 aromatic carbocycles. The average molecular weight is 229 g/mol. The van der Waals surface area contributed by atoms with Gasteiger partial charge in [0.25, 0.3) is 0 Å². The summed E-state index contributed by atoms with van der Waals surface area (Å²) in [5.41, 5.74) is 4.09. The summed E-state index contributed by atoms with van der Waals surface area (Å²) in [5, 5.41) is 8.39. The first-order valence-electron chi connectivity index (χ1n) is 4.33. The number of primary amides is 1. The molecule has 1 amide bonds. The first kappa shape index (κ1) is 12.1. The summed E-state index contributed by atoms with van der Waals surface area (Å²) in [4.78, 5) is 21.0. The lowest BCUT2D eigenvalue weighted by atomic mass is 9.99. The maximum atomic E-state index is 13.2. The number of carboxylic acid groups (broad SMARTS) is 1. The highest BCUT2D eigenvalue weighted by atomic mass is 19.3. The summed E-state index contributed by atoms with van der Waals surface area (Å²) < 4.78 is 26.5. The van der Waals surface area contributed by atoms with Crippen molar-refractivity contribution in [3.05, 3.63) is 35.4 Å². The van der Waals surface area contributed by atoms with Crippen molar-refractivity contribution < 1.29 is 23.5 Å². The number of carbonyl (C=O) groups is 2. The van der Waals surface area contributed by atoms with Gasteiger partial charge in [-0.05, 0) is 5.56 Å². The molecule has 4 nitrogen and oxygen atoms in total. The minimum atomic E-state index is -4.02. The van der Waals surface area contributed by atoms with E-state index in [1.807, 2.05) is 0 Å². The highest BCUT2D eigenvalue weighted by Crippen LogP contribution is 2.31. The summed E-state index contributed by atoms with van der Waals surface area (Å²) in [5.74, 6) is -7.08. The van der Waals surface area contributed by atoms with Crippen LogP contribution in [0.5, 0.6) is 0 Å². The Labute approximate surface area is 89.7 Å². The molecule has 0 bridgehead atoms. The number of aliphatic carboxylic acids is 1. The van der Waals surface area contributed by atoms with Crippen LogP contribution in [0, 0.1) is 0 Å². The maximum absolute atomic E-state index is 13.2. The van der Waals surface area contributed by atoms with Crippen LogP contribution in [-0.4, -0.2) is 17.0 Å². The second-order valence-corrected chi connectivity index (χ2v) is 3.18. The third-order valence-electron chi connectivity index (χ3n) is 1.99. The first-order chi connectivity index (χ1) is 7.35. The zero-order valence-electron chi connectivity index (χ0n) is 8.11. The third kappa shape index (κ3) is 2.33. The van der Waals surface area contributed by atoms with Crippen LogP contribution in [0.15, 0.2) is 24.3 Å². The standard InChI is InChI=1S/C10H9F2NO3/c11-10(12,9(15)16)7-4-2-1-3-6(7)5-8(13)14/h1-4H,5H2,(H2,13,14)(H,15,16). The van der Waals surface area contributed by atoms with E-state index in [0.29, 0.717) is 0 Å². The van der Waals surface area contributed by atoms with Crippen molar-refractivity contribution in [1.29, 1.82) is 0 Å². The third-order valence-corrected chi connectivity index (χ3v) is 1.99. The Kier molecular flexibility index (Phi) is 3.22. The minimum Gasteiger partial charge on any atom is -0.477 e. The number of carbonyl (C=O) groups excluding carboxylic acids is 1. The normalized spacial score (nSPS) is 11.1. The molecular formula is C10H9F2NO3. The molecule has 0 radical (unpaired) electrons. The second kappa shape index (κ2) is 4.26. The van der Waals surface area contributed by atoms with E-state index in [-0.39, 0.29) is 5.56 Å². The molecule has 0 saturated heterocycles. The molecule has 1 rings (SSSR count). The molecular weight excluding hydrogens is 220 g/mol. The van der Waals surface area contributed by atoms with Gasteiger partial charge >= 0.3 is 11.9 Å². The number of hydrogen-bond donors (Lipinski definition) is 2. The summed E-state index contributed by atoms with van der Waals surface area (Å²) in [7, 11) is 0. The van der Waals surface area contributed by atoms with Crippen molar-refractivity contribution in [2.45, 2.75) is 12.3 Å². The van der Waals surface area contributed by atoms with E-state index in [9.17, 15) is 18.4 Å². The molecule has 0 fully saturated rings. The van der Waals surface area contributed by atoms with E-state index in [0.717, 1.165) is 6.07 Å². The maximum Gasteiger partial charge on any atom is 0.379 e. The molecule has 6 heteroatoms. The molecule has 0 aliphatic heterocycles. The summed E-state index contributed by atoms with van der Waals surface area (Å²) in [6.45, 7) is 0. The van der Waals surface area contributed by atoms with Crippen LogP contribution in [0.1, 0.15) is 11.1 Å². The highest BCUT2D eigenvalue weighted by Gasteiger charge is 2.42. The van der Waals surface area contributed by atoms with Crippen molar-refractivity contribution in [2.75, 3.05) is 0 Å². The Morgan fingerprint density at radius 2 is 1.88 bits per heavy atom. The van der Waals surface area contributed by atoms with E-state index in [1.165, 1.54) is 18.2 Å². The lowest BCUT2D eigenvalue weighted by Crippen LogP contribution is -2.28. The summed E-state index contributed by atoms with van der Waals surface area (Å²) >= 11 is 0. The molecule has 3 N–H and O–H groups in total. The Morgan fingerprint density at radius 1 is 1.31 bits per heavy atom. The molecule has 1 aromatic rings. The lowest BCUT2D eigenvalue weighted by molar-refractivity contribution is -0.166. The minimum absolute atomic E-state index is 0.0811. The lowest BCUT2D eigenvalue weighted by Gasteiger charge is -2.14. The van der Waals surface area contributed by atoms with Crippen LogP contribution in [0.2, 0.25) is 0 Å². The van der Waals surface area contributed by atoms with Crippen LogP contribution in [0.25, 0.3) is 0 Å². The molecule has 0 spiro atoms. The number of benzene rings is 1. The van der Waals surface area contributed by atoms with E-state index in [2.05, 4.69) is 0 Å². The molecule has 0 unspecified atom stereocenters. The van der Waals surface area contributed by atoms with Gasteiger partial charge in [-0.25, -0.2) is 4.79 Å². The number of amides is 1. The van der Waals surface area contributed by atoms with Gasteiger partial charge in [0.1, 0.15) is 0 Å². The molecule has 0 saturated carbocycles. The van der Waals surface area contributed by atoms with Gasteiger partial charge in [0.2, 0.25) is 5.91 Å². The predicted octanol–water partition coefficient (Wildman–Crippen LogP) is 0.891. The topological polar surface area (TPSA) is 80.4 Å². The summed E-state index contributed by atoms with van der Waals surface area (Å²) in [6.07, 6.45) is -0.418. The van der Waals surface area contributed by atoms with Crippen LogP contribution < -0.4 is 5.73 Å². The van der Waals surface area contributed by atoms with Gasteiger partial charge in [-0.3, -0.25) is 4.79 Å². The van der Waals surface area contributed by atoms with Gasteiger partial charge in [-0.2, -0.15) is 8.78 Å². The van der Waals surface area contributed by atoms with Crippen molar-refractivity contribution in [1.82, 2.24) is 0 Å².